The third-order valence-electron chi connectivity index (χ3n) is 3.00. The van der Waals surface area contributed by atoms with Gasteiger partial charge < -0.3 is 20.6 Å². The van der Waals surface area contributed by atoms with Gasteiger partial charge in [-0.15, -0.1) is 0 Å². The number of rotatable bonds is 3. The van der Waals surface area contributed by atoms with E-state index >= 15 is 0 Å². The van der Waals surface area contributed by atoms with E-state index in [4.69, 9.17) is 16.7 Å². The molecule has 0 amide bonds. The van der Waals surface area contributed by atoms with Gasteiger partial charge in [0.1, 0.15) is 23.4 Å². The zero-order valence-electron chi connectivity index (χ0n) is 8.99. The molecule has 0 bridgehead atoms. The maximum atomic E-state index is 9.79. The zero-order chi connectivity index (χ0) is 12.4. The van der Waals surface area contributed by atoms with Crippen molar-refractivity contribution in [3.63, 3.8) is 0 Å². The molecule has 2 rings (SSSR count). The SMILES string of the molecule is OC[C@H]1C[C@@H](Nc2cc(Cl)ncn2)[C@H](O)[C@@H]1O. The molecule has 0 aliphatic heterocycles. The molecule has 1 aromatic heterocycles. The van der Waals surface area contributed by atoms with E-state index in [-0.39, 0.29) is 18.6 Å². The quantitative estimate of drug-likeness (QED) is 0.554. The number of aliphatic hydroxyl groups is 3. The molecule has 0 spiro atoms. The van der Waals surface area contributed by atoms with Gasteiger partial charge in [0.15, 0.2) is 0 Å². The lowest BCUT2D eigenvalue weighted by atomic mass is 10.1. The zero-order valence-corrected chi connectivity index (χ0v) is 9.75. The van der Waals surface area contributed by atoms with Crippen molar-refractivity contribution in [2.45, 2.75) is 24.7 Å². The summed E-state index contributed by atoms with van der Waals surface area (Å²) in [4.78, 5) is 7.69. The summed E-state index contributed by atoms with van der Waals surface area (Å²) < 4.78 is 0. The van der Waals surface area contributed by atoms with Crippen LogP contribution in [0, 0.1) is 5.92 Å². The second kappa shape index (κ2) is 5.14. The summed E-state index contributed by atoms with van der Waals surface area (Å²) in [5, 5.41) is 31.7. The fourth-order valence-electron chi connectivity index (χ4n) is 2.05. The molecule has 0 saturated heterocycles. The first-order chi connectivity index (χ1) is 8.11. The summed E-state index contributed by atoms with van der Waals surface area (Å²) >= 11 is 5.71. The van der Waals surface area contributed by atoms with Crippen LogP contribution < -0.4 is 5.32 Å². The van der Waals surface area contributed by atoms with Crippen molar-refractivity contribution in [3.8, 4) is 0 Å². The van der Waals surface area contributed by atoms with Crippen LogP contribution in [0.3, 0.4) is 0 Å². The molecule has 17 heavy (non-hydrogen) atoms. The lowest BCUT2D eigenvalue weighted by molar-refractivity contribution is 0.00445. The van der Waals surface area contributed by atoms with E-state index in [1.807, 2.05) is 0 Å². The Bertz CT molecular complexity index is 393. The standard InChI is InChI=1S/C10H14ClN3O3/c11-7-2-8(13-4-12-7)14-6-1-5(3-15)9(16)10(6)17/h2,4-6,9-10,15-17H,1,3H2,(H,12,13,14)/t5-,6-,9-,10+/m1/s1. The van der Waals surface area contributed by atoms with Crippen molar-refractivity contribution >= 4 is 17.4 Å². The maximum absolute atomic E-state index is 9.79. The Balaban J connectivity index is 2.05. The molecule has 1 aliphatic carbocycles. The minimum atomic E-state index is -0.930. The number of nitrogens with one attached hydrogen (secondary N) is 1. The summed E-state index contributed by atoms with van der Waals surface area (Å²) in [6.07, 6.45) is -0.0671. The number of nitrogens with zero attached hydrogens (tertiary/aromatic N) is 2. The molecule has 4 N–H and O–H groups in total. The van der Waals surface area contributed by atoms with E-state index in [2.05, 4.69) is 15.3 Å². The van der Waals surface area contributed by atoms with Gasteiger partial charge in [-0.05, 0) is 6.42 Å². The predicted molar refractivity (Wildman–Crippen MR) is 61.7 cm³/mol. The molecule has 1 aromatic rings. The van der Waals surface area contributed by atoms with Gasteiger partial charge in [-0.25, -0.2) is 9.97 Å². The van der Waals surface area contributed by atoms with Crippen molar-refractivity contribution in [2.75, 3.05) is 11.9 Å². The van der Waals surface area contributed by atoms with Gasteiger partial charge in [0.2, 0.25) is 0 Å². The van der Waals surface area contributed by atoms with Gasteiger partial charge in [-0.1, -0.05) is 11.6 Å². The Hall–Kier alpha value is -0.950. The maximum Gasteiger partial charge on any atom is 0.134 e. The number of hydrogen-bond acceptors (Lipinski definition) is 6. The van der Waals surface area contributed by atoms with Crippen molar-refractivity contribution in [1.82, 2.24) is 9.97 Å². The molecule has 1 fully saturated rings. The van der Waals surface area contributed by atoms with Crippen molar-refractivity contribution in [3.05, 3.63) is 17.5 Å². The molecule has 0 radical (unpaired) electrons. The Kier molecular flexibility index (Phi) is 3.78. The Morgan fingerprint density at radius 2 is 2.12 bits per heavy atom. The molecule has 94 valence electrons. The number of hydrogen-bond donors (Lipinski definition) is 4. The van der Waals surface area contributed by atoms with Crippen LogP contribution in [0.4, 0.5) is 5.82 Å². The van der Waals surface area contributed by atoms with Crippen molar-refractivity contribution in [2.24, 2.45) is 5.92 Å². The second-order valence-electron chi connectivity index (χ2n) is 4.14. The summed E-state index contributed by atoms with van der Waals surface area (Å²) in [6.45, 7) is -0.152. The number of aromatic nitrogens is 2. The Morgan fingerprint density at radius 1 is 1.35 bits per heavy atom. The average molecular weight is 260 g/mol. The van der Waals surface area contributed by atoms with Crippen LogP contribution >= 0.6 is 11.6 Å². The Labute approximate surface area is 103 Å². The highest BCUT2D eigenvalue weighted by Crippen LogP contribution is 2.28. The van der Waals surface area contributed by atoms with E-state index in [0.717, 1.165) is 0 Å². The molecular weight excluding hydrogens is 246 g/mol. The minimum absolute atomic E-state index is 0.152. The van der Waals surface area contributed by atoms with Crippen LogP contribution in [-0.4, -0.2) is 50.1 Å². The molecule has 4 atom stereocenters. The fourth-order valence-corrected chi connectivity index (χ4v) is 2.20. The van der Waals surface area contributed by atoms with Crippen molar-refractivity contribution < 1.29 is 15.3 Å². The van der Waals surface area contributed by atoms with Crippen molar-refractivity contribution in [1.29, 1.82) is 0 Å². The van der Waals surface area contributed by atoms with Crippen LogP contribution in [0.2, 0.25) is 5.15 Å². The minimum Gasteiger partial charge on any atom is -0.396 e. The number of aliphatic hydroxyl groups excluding tert-OH is 3. The third kappa shape index (κ3) is 2.66. The van der Waals surface area contributed by atoms with E-state index in [0.29, 0.717) is 17.4 Å². The third-order valence-corrected chi connectivity index (χ3v) is 3.21. The lowest BCUT2D eigenvalue weighted by Crippen LogP contribution is -2.35. The van der Waals surface area contributed by atoms with Gasteiger partial charge in [0.25, 0.3) is 0 Å². The lowest BCUT2D eigenvalue weighted by Gasteiger charge is -2.18. The largest absolute Gasteiger partial charge is 0.396 e. The highest BCUT2D eigenvalue weighted by Gasteiger charge is 2.41. The molecule has 1 saturated carbocycles. The van der Waals surface area contributed by atoms with Gasteiger partial charge in [-0.2, -0.15) is 0 Å². The summed E-state index contributed by atoms with van der Waals surface area (Å²) in [5.41, 5.74) is 0. The monoisotopic (exact) mass is 259 g/mol. The first-order valence-electron chi connectivity index (χ1n) is 5.33. The van der Waals surface area contributed by atoms with E-state index in [9.17, 15) is 10.2 Å². The van der Waals surface area contributed by atoms with Gasteiger partial charge in [0, 0.05) is 18.6 Å². The van der Waals surface area contributed by atoms with Crippen LogP contribution in [0.25, 0.3) is 0 Å². The van der Waals surface area contributed by atoms with Crippen LogP contribution in [0.15, 0.2) is 12.4 Å². The molecule has 0 unspecified atom stereocenters. The molecule has 1 heterocycles. The van der Waals surface area contributed by atoms with Gasteiger partial charge >= 0.3 is 0 Å². The molecule has 7 heteroatoms. The van der Waals surface area contributed by atoms with Crippen LogP contribution in [-0.2, 0) is 0 Å². The first-order valence-corrected chi connectivity index (χ1v) is 5.70. The van der Waals surface area contributed by atoms with Crippen LogP contribution in [0.1, 0.15) is 6.42 Å². The Morgan fingerprint density at radius 3 is 2.71 bits per heavy atom. The van der Waals surface area contributed by atoms with Gasteiger partial charge in [-0.3, -0.25) is 0 Å². The molecular formula is C10H14ClN3O3. The fraction of sp³-hybridized carbons (Fsp3) is 0.600. The highest BCUT2D eigenvalue weighted by molar-refractivity contribution is 6.29. The average Bonchev–Trinajstić information content (AvgIpc) is 2.57. The summed E-state index contributed by atoms with van der Waals surface area (Å²) in [7, 11) is 0. The topological polar surface area (TPSA) is 98.5 Å². The van der Waals surface area contributed by atoms with E-state index in [1.54, 1.807) is 0 Å². The molecule has 1 aliphatic rings. The molecule has 0 aromatic carbocycles. The van der Waals surface area contributed by atoms with E-state index in [1.165, 1.54) is 12.4 Å². The number of anilines is 1. The smallest absolute Gasteiger partial charge is 0.134 e. The first kappa shape index (κ1) is 12.5. The predicted octanol–water partition coefficient (Wildman–Crippen LogP) is -0.355. The summed E-state index contributed by atoms with van der Waals surface area (Å²) in [6, 6.07) is 1.18. The summed E-state index contributed by atoms with van der Waals surface area (Å²) in [5.74, 6) is 0.166. The van der Waals surface area contributed by atoms with Crippen LogP contribution in [0.5, 0.6) is 0 Å². The number of halogens is 1. The second-order valence-corrected chi connectivity index (χ2v) is 4.52. The van der Waals surface area contributed by atoms with E-state index < -0.39 is 12.2 Å². The molecule has 6 nitrogen and oxygen atoms in total. The normalized spacial score (nSPS) is 32.7. The highest BCUT2D eigenvalue weighted by atomic mass is 35.5. The van der Waals surface area contributed by atoms with Gasteiger partial charge in [0.05, 0.1) is 12.1 Å².